The zero-order chi connectivity index (χ0) is 14.8. The van der Waals surface area contributed by atoms with Gasteiger partial charge in [-0.05, 0) is 31.5 Å². The van der Waals surface area contributed by atoms with Crippen molar-refractivity contribution in [2.75, 3.05) is 13.1 Å². The molecule has 4 N–H and O–H groups in total. The highest BCUT2D eigenvalue weighted by Gasteiger charge is 2.18. The van der Waals surface area contributed by atoms with Gasteiger partial charge in [0.2, 0.25) is 0 Å². The number of piperidine rings is 1. The lowest BCUT2D eigenvalue weighted by Crippen LogP contribution is -2.31. The van der Waals surface area contributed by atoms with Gasteiger partial charge in [-0.3, -0.25) is 4.79 Å². The largest absolute Gasteiger partial charge is 0.481 e. The van der Waals surface area contributed by atoms with Gasteiger partial charge < -0.3 is 20.8 Å². The van der Waals surface area contributed by atoms with E-state index in [2.05, 4.69) is 10.6 Å². The van der Waals surface area contributed by atoms with E-state index in [-0.39, 0.29) is 18.3 Å². The Bertz CT molecular complexity index is 422. The molecule has 1 heterocycles. The monoisotopic (exact) mass is 316 g/mol. The molecule has 0 unspecified atom stereocenters. The van der Waals surface area contributed by atoms with Gasteiger partial charge >= 0.3 is 12.1 Å². The highest BCUT2D eigenvalue weighted by atomic mass is 35.5. The van der Waals surface area contributed by atoms with Crippen molar-refractivity contribution in [2.24, 2.45) is 5.92 Å². The predicted octanol–water partition coefficient (Wildman–Crippen LogP) is 1.95. The molecule has 0 saturated carbocycles. The zero-order valence-electron chi connectivity index (χ0n) is 11.6. The Morgan fingerprint density at radius 1 is 1.14 bits per heavy atom. The van der Waals surface area contributed by atoms with Crippen molar-refractivity contribution in [1.29, 1.82) is 0 Å². The van der Waals surface area contributed by atoms with E-state index in [9.17, 15) is 9.59 Å². The quantitative estimate of drug-likeness (QED) is 0.683. The summed E-state index contributed by atoms with van der Waals surface area (Å²) in [5.41, 5.74) is 0.968. The summed E-state index contributed by atoms with van der Waals surface area (Å²) in [5.74, 6) is -0.734. The van der Waals surface area contributed by atoms with Gasteiger partial charge in [0.15, 0.2) is 0 Å². The van der Waals surface area contributed by atoms with Crippen LogP contribution in [0.1, 0.15) is 18.4 Å². The number of halogens is 1. The van der Waals surface area contributed by atoms with E-state index in [0.29, 0.717) is 6.54 Å². The second-order valence-corrected chi connectivity index (χ2v) is 4.51. The molecule has 118 valence electrons. The van der Waals surface area contributed by atoms with Crippen LogP contribution in [0.2, 0.25) is 0 Å². The van der Waals surface area contributed by atoms with Crippen molar-refractivity contribution in [1.82, 2.24) is 10.6 Å². The first kappa shape index (κ1) is 19.2. The average Bonchev–Trinajstić information content (AvgIpc) is 2.48. The Morgan fingerprint density at radius 2 is 1.71 bits per heavy atom. The number of benzene rings is 1. The molecule has 0 aromatic heterocycles. The summed E-state index contributed by atoms with van der Waals surface area (Å²) in [6.07, 6.45) is 0.582. The molecule has 1 amide bonds. The molecule has 1 saturated heterocycles. The Kier molecular flexibility index (Phi) is 10.0. The normalized spacial score (nSPS) is 14.1. The van der Waals surface area contributed by atoms with Crippen LogP contribution in [0.4, 0.5) is 4.79 Å². The van der Waals surface area contributed by atoms with Gasteiger partial charge in [-0.2, -0.15) is 0 Å². The number of carboxylic acid groups (broad SMARTS) is 2. The summed E-state index contributed by atoms with van der Waals surface area (Å²) < 4.78 is 0. The maximum Gasteiger partial charge on any atom is 0.404 e. The minimum absolute atomic E-state index is 0. The van der Waals surface area contributed by atoms with Crippen molar-refractivity contribution < 1.29 is 19.8 Å². The first-order valence-corrected chi connectivity index (χ1v) is 6.54. The van der Waals surface area contributed by atoms with Crippen LogP contribution in [-0.4, -0.2) is 35.4 Å². The van der Waals surface area contributed by atoms with E-state index in [1.54, 1.807) is 0 Å². The van der Waals surface area contributed by atoms with E-state index in [4.69, 9.17) is 10.2 Å². The smallest absolute Gasteiger partial charge is 0.404 e. The van der Waals surface area contributed by atoms with Crippen molar-refractivity contribution in [2.45, 2.75) is 19.4 Å². The number of amides is 1. The fraction of sp³-hybridized carbons (Fsp3) is 0.429. The summed E-state index contributed by atoms with van der Waals surface area (Å²) in [4.78, 5) is 20.4. The molecule has 7 heteroatoms. The Balaban J connectivity index is 0.000000370. The van der Waals surface area contributed by atoms with Gasteiger partial charge in [-0.1, -0.05) is 30.3 Å². The second-order valence-electron chi connectivity index (χ2n) is 4.51. The molecule has 0 spiro atoms. The molecule has 1 aliphatic rings. The molecule has 0 radical (unpaired) electrons. The molecule has 1 aliphatic heterocycles. The van der Waals surface area contributed by atoms with Crippen molar-refractivity contribution in [3.63, 3.8) is 0 Å². The Hall–Kier alpha value is -1.79. The zero-order valence-corrected chi connectivity index (χ0v) is 12.4. The molecule has 1 aromatic rings. The van der Waals surface area contributed by atoms with Crippen molar-refractivity contribution in [3.8, 4) is 0 Å². The molecule has 0 aliphatic carbocycles. The predicted molar refractivity (Wildman–Crippen MR) is 81.8 cm³/mol. The SMILES string of the molecule is Cl.O=C(O)C1CCNCC1.O=C(O)NCc1ccccc1. The second kappa shape index (κ2) is 10.9. The highest BCUT2D eigenvalue weighted by Crippen LogP contribution is 2.10. The van der Waals surface area contributed by atoms with Gasteiger partial charge in [0.1, 0.15) is 0 Å². The number of hydrogen-bond acceptors (Lipinski definition) is 3. The third-order valence-corrected chi connectivity index (χ3v) is 2.97. The van der Waals surface area contributed by atoms with Gasteiger partial charge in [0, 0.05) is 6.54 Å². The summed E-state index contributed by atoms with van der Waals surface area (Å²) in [6, 6.07) is 9.38. The number of hydrogen-bond donors (Lipinski definition) is 4. The van der Waals surface area contributed by atoms with Crippen LogP contribution < -0.4 is 10.6 Å². The van der Waals surface area contributed by atoms with Crippen LogP contribution in [0.25, 0.3) is 0 Å². The molecule has 1 aromatic carbocycles. The minimum Gasteiger partial charge on any atom is -0.481 e. The third-order valence-electron chi connectivity index (χ3n) is 2.97. The van der Waals surface area contributed by atoms with E-state index < -0.39 is 12.1 Å². The summed E-state index contributed by atoms with van der Waals surface area (Å²) in [6.45, 7) is 2.09. The van der Waals surface area contributed by atoms with E-state index in [1.807, 2.05) is 30.3 Å². The first-order valence-electron chi connectivity index (χ1n) is 6.54. The van der Waals surface area contributed by atoms with Crippen molar-refractivity contribution in [3.05, 3.63) is 35.9 Å². The van der Waals surface area contributed by atoms with Gasteiger partial charge in [0.25, 0.3) is 0 Å². The fourth-order valence-electron chi connectivity index (χ4n) is 1.84. The maximum atomic E-state index is 10.3. The molecule has 1 fully saturated rings. The van der Waals surface area contributed by atoms with E-state index in [0.717, 1.165) is 31.5 Å². The first-order chi connectivity index (χ1) is 9.59. The van der Waals surface area contributed by atoms with Crippen LogP contribution in [0.15, 0.2) is 30.3 Å². The average molecular weight is 317 g/mol. The topological polar surface area (TPSA) is 98.7 Å². The number of carboxylic acids is 1. The molecular formula is C14H21ClN2O4. The van der Waals surface area contributed by atoms with Gasteiger partial charge in [-0.15, -0.1) is 12.4 Å². The molecule has 0 atom stereocenters. The lowest BCUT2D eigenvalue weighted by atomic mass is 9.99. The van der Waals surface area contributed by atoms with Gasteiger partial charge in [0.05, 0.1) is 5.92 Å². The molecule has 0 bridgehead atoms. The van der Waals surface area contributed by atoms with E-state index in [1.165, 1.54) is 0 Å². The molecule has 6 nitrogen and oxygen atoms in total. The molecule has 2 rings (SSSR count). The van der Waals surface area contributed by atoms with Crippen LogP contribution in [0.3, 0.4) is 0 Å². The van der Waals surface area contributed by atoms with Crippen LogP contribution in [-0.2, 0) is 11.3 Å². The van der Waals surface area contributed by atoms with Crippen LogP contribution in [0.5, 0.6) is 0 Å². The van der Waals surface area contributed by atoms with Gasteiger partial charge in [-0.25, -0.2) is 4.79 Å². The van der Waals surface area contributed by atoms with Crippen molar-refractivity contribution >= 4 is 24.5 Å². The fourth-order valence-corrected chi connectivity index (χ4v) is 1.84. The van der Waals surface area contributed by atoms with Crippen LogP contribution in [0, 0.1) is 5.92 Å². The summed E-state index contributed by atoms with van der Waals surface area (Å²) >= 11 is 0. The maximum absolute atomic E-state index is 10.3. The van der Waals surface area contributed by atoms with E-state index >= 15 is 0 Å². The Morgan fingerprint density at radius 3 is 2.14 bits per heavy atom. The Labute approximate surface area is 130 Å². The number of aliphatic carboxylic acids is 1. The molecule has 21 heavy (non-hydrogen) atoms. The lowest BCUT2D eigenvalue weighted by molar-refractivity contribution is -0.142. The molecular weight excluding hydrogens is 296 g/mol. The number of rotatable bonds is 3. The summed E-state index contributed by atoms with van der Waals surface area (Å²) in [7, 11) is 0. The summed E-state index contributed by atoms with van der Waals surface area (Å²) in [5, 5.41) is 22.2. The van der Waals surface area contributed by atoms with Crippen LogP contribution >= 0.6 is 12.4 Å². The standard InChI is InChI=1S/C8H9NO2.C6H11NO2.ClH/c10-8(11)9-6-7-4-2-1-3-5-7;8-6(9)5-1-3-7-4-2-5;/h1-5,9H,6H2,(H,10,11);5,7H,1-4H2,(H,8,9);1H. The highest BCUT2D eigenvalue weighted by molar-refractivity contribution is 5.85. The lowest BCUT2D eigenvalue weighted by Gasteiger charge is -2.17. The number of carbonyl (C=O) groups is 2. The third kappa shape index (κ3) is 8.88. The number of nitrogens with one attached hydrogen (secondary N) is 2. The minimum atomic E-state index is -0.992.